The molecule has 1 aromatic heterocycles. The average molecular weight is 339 g/mol. The first-order chi connectivity index (χ1) is 12.1. The number of aromatic nitrogens is 4. The lowest BCUT2D eigenvalue weighted by molar-refractivity contribution is 0.102. The molecule has 8 nitrogen and oxygen atoms in total. The summed E-state index contributed by atoms with van der Waals surface area (Å²) in [5.74, 6) is 0.804. The number of hydrogen-bond donors (Lipinski definition) is 1. The van der Waals surface area contributed by atoms with Crippen LogP contribution in [0.5, 0.6) is 11.5 Å². The summed E-state index contributed by atoms with van der Waals surface area (Å²) in [5.41, 5.74) is 2.70. The normalized spacial score (nSPS) is 10.4. The van der Waals surface area contributed by atoms with Crippen LogP contribution < -0.4 is 14.8 Å². The molecule has 3 rings (SSSR count). The van der Waals surface area contributed by atoms with Gasteiger partial charge in [-0.1, -0.05) is 6.07 Å². The van der Waals surface area contributed by atoms with Gasteiger partial charge in [0.1, 0.15) is 23.5 Å². The smallest absolute Gasteiger partial charge is 0.255 e. The van der Waals surface area contributed by atoms with Gasteiger partial charge in [-0.2, -0.15) is 4.68 Å². The summed E-state index contributed by atoms with van der Waals surface area (Å²) in [6.07, 6.45) is 1.45. The minimum Gasteiger partial charge on any atom is -0.495 e. The minimum atomic E-state index is -0.273. The Morgan fingerprint density at radius 1 is 1.08 bits per heavy atom. The first-order valence-electron chi connectivity index (χ1n) is 7.49. The molecule has 1 heterocycles. The molecule has 0 unspecified atom stereocenters. The summed E-state index contributed by atoms with van der Waals surface area (Å²) >= 11 is 0. The first-order valence-corrected chi connectivity index (χ1v) is 7.49. The molecule has 3 aromatic rings. The molecule has 0 saturated heterocycles. The molecule has 8 heteroatoms. The van der Waals surface area contributed by atoms with Gasteiger partial charge in [0, 0.05) is 5.56 Å². The van der Waals surface area contributed by atoms with E-state index < -0.39 is 0 Å². The predicted molar refractivity (Wildman–Crippen MR) is 91.4 cm³/mol. The fourth-order valence-electron chi connectivity index (χ4n) is 2.39. The minimum absolute atomic E-state index is 0.273. The van der Waals surface area contributed by atoms with Crippen molar-refractivity contribution in [2.45, 2.75) is 6.92 Å². The second kappa shape index (κ2) is 7.00. The number of tetrazole rings is 1. The maximum atomic E-state index is 12.6. The molecule has 128 valence electrons. The number of benzene rings is 2. The molecule has 1 amide bonds. The Kier molecular flexibility index (Phi) is 4.60. The lowest BCUT2D eigenvalue weighted by Crippen LogP contribution is -2.13. The molecule has 1 N–H and O–H groups in total. The lowest BCUT2D eigenvalue weighted by Gasteiger charge is -2.13. The van der Waals surface area contributed by atoms with Crippen LogP contribution in [0.1, 0.15) is 15.9 Å². The lowest BCUT2D eigenvalue weighted by atomic mass is 10.1. The number of aryl methyl sites for hydroxylation is 1. The Hall–Kier alpha value is -3.42. The molecule has 0 aliphatic rings. The van der Waals surface area contributed by atoms with Crippen molar-refractivity contribution >= 4 is 11.6 Å². The molecule has 0 spiro atoms. The van der Waals surface area contributed by atoms with Crippen LogP contribution in [0.2, 0.25) is 0 Å². The number of nitrogens with one attached hydrogen (secondary N) is 1. The first kappa shape index (κ1) is 16.4. The number of carbonyl (C=O) groups is 1. The molecule has 0 aliphatic carbocycles. The summed E-state index contributed by atoms with van der Waals surface area (Å²) in [4.78, 5) is 12.6. The highest BCUT2D eigenvalue weighted by Crippen LogP contribution is 2.27. The standard InChI is InChI=1S/C17H17N5O3/c1-11-4-7-15(24-2)13(8-11)19-17(23)12-5-6-14(16(9-12)25-3)22-10-18-20-21-22/h4-10H,1-3H3,(H,19,23). The highest BCUT2D eigenvalue weighted by atomic mass is 16.5. The van der Waals surface area contributed by atoms with Crippen LogP contribution >= 0.6 is 0 Å². The quantitative estimate of drug-likeness (QED) is 0.766. The monoisotopic (exact) mass is 339 g/mol. The summed E-state index contributed by atoms with van der Waals surface area (Å²) in [7, 11) is 3.08. The summed E-state index contributed by atoms with van der Waals surface area (Å²) in [6.45, 7) is 1.94. The van der Waals surface area contributed by atoms with Gasteiger partial charge in [0.2, 0.25) is 0 Å². The van der Waals surface area contributed by atoms with Crippen molar-refractivity contribution in [3.63, 3.8) is 0 Å². The zero-order chi connectivity index (χ0) is 17.8. The number of ether oxygens (including phenoxy) is 2. The van der Waals surface area contributed by atoms with Crippen molar-refractivity contribution in [2.75, 3.05) is 19.5 Å². The maximum absolute atomic E-state index is 12.6. The van der Waals surface area contributed by atoms with Gasteiger partial charge < -0.3 is 14.8 Å². The molecule has 0 radical (unpaired) electrons. The van der Waals surface area contributed by atoms with Gasteiger partial charge in [-0.25, -0.2) is 0 Å². The van der Waals surface area contributed by atoms with E-state index >= 15 is 0 Å². The molecule has 25 heavy (non-hydrogen) atoms. The van der Waals surface area contributed by atoms with Crippen LogP contribution in [0.4, 0.5) is 5.69 Å². The number of methoxy groups -OCH3 is 2. The Bertz CT molecular complexity index is 893. The molecular weight excluding hydrogens is 322 g/mol. The van der Waals surface area contributed by atoms with E-state index in [0.717, 1.165) is 5.56 Å². The van der Waals surface area contributed by atoms with Crippen molar-refractivity contribution in [3.05, 3.63) is 53.9 Å². The number of hydrogen-bond acceptors (Lipinski definition) is 6. The average Bonchev–Trinajstić information content (AvgIpc) is 3.15. The third-order valence-corrected chi connectivity index (χ3v) is 3.64. The van der Waals surface area contributed by atoms with E-state index in [-0.39, 0.29) is 5.91 Å². The Labute approximate surface area is 144 Å². The van der Waals surface area contributed by atoms with Crippen LogP contribution in [0.15, 0.2) is 42.7 Å². The van der Waals surface area contributed by atoms with Crippen LogP contribution in [0, 0.1) is 6.92 Å². The molecule has 0 bridgehead atoms. The second-order valence-electron chi connectivity index (χ2n) is 5.30. The molecule has 0 saturated carbocycles. The van der Waals surface area contributed by atoms with Gasteiger partial charge in [0.25, 0.3) is 5.91 Å². The Morgan fingerprint density at radius 2 is 1.88 bits per heavy atom. The van der Waals surface area contributed by atoms with E-state index in [1.54, 1.807) is 25.3 Å². The number of nitrogens with zero attached hydrogens (tertiary/aromatic N) is 4. The molecule has 0 aliphatic heterocycles. The third kappa shape index (κ3) is 3.42. The Morgan fingerprint density at radius 3 is 2.56 bits per heavy atom. The van der Waals surface area contributed by atoms with E-state index in [4.69, 9.17) is 9.47 Å². The third-order valence-electron chi connectivity index (χ3n) is 3.64. The van der Waals surface area contributed by atoms with E-state index in [9.17, 15) is 4.79 Å². The number of carbonyl (C=O) groups excluding carboxylic acids is 1. The van der Waals surface area contributed by atoms with Crippen molar-refractivity contribution in [2.24, 2.45) is 0 Å². The van der Waals surface area contributed by atoms with Crippen LogP contribution in [0.25, 0.3) is 5.69 Å². The zero-order valence-corrected chi connectivity index (χ0v) is 14.1. The van der Waals surface area contributed by atoms with Gasteiger partial charge >= 0.3 is 0 Å². The molecule has 0 atom stereocenters. The largest absolute Gasteiger partial charge is 0.495 e. The van der Waals surface area contributed by atoms with Crippen molar-refractivity contribution in [3.8, 4) is 17.2 Å². The van der Waals surface area contributed by atoms with Gasteiger partial charge in [0.15, 0.2) is 0 Å². The second-order valence-corrected chi connectivity index (χ2v) is 5.30. The Balaban J connectivity index is 1.89. The maximum Gasteiger partial charge on any atom is 0.255 e. The molecule has 2 aromatic carbocycles. The van der Waals surface area contributed by atoms with E-state index in [2.05, 4.69) is 20.8 Å². The number of anilines is 1. The van der Waals surface area contributed by atoms with Gasteiger partial charge in [-0.3, -0.25) is 4.79 Å². The number of rotatable bonds is 5. The SMILES string of the molecule is COc1ccc(C)cc1NC(=O)c1ccc(-n2cnnn2)c(OC)c1. The van der Waals surface area contributed by atoms with Crippen LogP contribution in [-0.4, -0.2) is 40.3 Å². The van der Waals surface area contributed by atoms with Crippen molar-refractivity contribution < 1.29 is 14.3 Å². The summed E-state index contributed by atoms with van der Waals surface area (Å²) in [5, 5.41) is 13.9. The van der Waals surface area contributed by atoms with E-state index in [0.29, 0.717) is 28.4 Å². The summed E-state index contributed by atoms with van der Waals surface area (Å²) < 4.78 is 12.1. The van der Waals surface area contributed by atoms with Crippen LogP contribution in [0.3, 0.4) is 0 Å². The van der Waals surface area contributed by atoms with Gasteiger partial charge in [0.05, 0.1) is 19.9 Å². The van der Waals surface area contributed by atoms with Crippen LogP contribution in [-0.2, 0) is 0 Å². The predicted octanol–water partition coefficient (Wildman–Crippen LogP) is 2.24. The zero-order valence-electron chi connectivity index (χ0n) is 14.1. The highest BCUT2D eigenvalue weighted by Gasteiger charge is 2.14. The fourth-order valence-corrected chi connectivity index (χ4v) is 2.39. The highest BCUT2D eigenvalue weighted by molar-refractivity contribution is 6.05. The molecular formula is C17H17N5O3. The summed E-state index contributed by atoms with van der Waals surface area (Å²) in [6, 6.07) is 10.6. The van der Waals surface area contributed by atoms with E-state index in [1.165, 1.54) is 18.1 Å². The molecule has 0 fully saturated rings. The van der Waals surface area contributed by atoms with Gasteiger partial charge in [-0.05, 0) is 53.2 Å². The number of amides is 1. The fraction of sp³-hybridized carbons (Fsp3) is 0.176. The van der Waals surface area contributed by atoms with Crippen molar-refractivity contribution in [1.82, 2.24) is 20.2 Å². The van der Waals surface area contributed by atoms with E-state index in [1.807, 2.05) is 25.1 Å². The van der Waals surface area contributed by atoms with Crippen molar-refractivity contribution in [1.29, 1.82) is 0 Å². The van der Waals surface area contributed by atoms with Gasteiger partial charge in [-0.15, -0.1) is 5.10 Å². The topological polar surface area (TPSA) is 91.2 Å².